The van der Waals surface area contributed by atoms with E-state index >= 15 is 0 Å². The predicted molar refractivity (Wildman–Crippen MR) is 124 cm³/mol. The van der Waals surface area contributed by atoms with Gasteiger partial charge in [0, 0.05) is 31.3 Å². The van der Waals surface area contributed by atoms with Crippen LogP contribution in [0, 0.1) is 20.8 Å². The largest absolute Gasteiger partial charge is 0.494 e. The minimum absolute atomic E-state index is 0.0661. The van der Waals surface area contributed by atoms with Crippen LogP contribution in [0.25, 0.3) is 11.3 Å². The molecule has 6 nitrogen and oxygen atoms in total. The number of aromatic nitrogens is 2. The van der Waals surface area contributed by atoms with Gasteiger partial charge < -0.3 is 10.5 Å². The molecular weight excluding hydrogens is 388 g/mol. The SMILES string of the molecule is CCOc1ccc2c(c1)CCn1c-2cc(=Nc2c(C)cc(C)cc2C)n(CCN)c1=O. The second-order valence-electron chi connectivity index (χ2n) is 8.12. The molecule has 162 valence electrons. The fourth-order valence-corrected chi connectivity index (χ4v) is 4.47. The number of ether oxygens (including phenoxy) is 1. The lowest BCUT2D eigenvalue weighted by molar-refractivity contribution is 0.340. The third-order valence-electron chi connectivity index (χ3n) is 5.78. The molecule has 3 aromatic rings. The standard InChI is InChI=1S/C25H30N4O2/c1-5-31-20-6-7-21-19(14-20)8-10-28-22(21)15-23(29(11-9-26)25(28)30)27-24-17(3)12-16(2)13-18(24)4/h6-7,12-15H,5,8-11,26H2,1-4H3. The molecular formula is C25H30N4O2. The van der Waals surface area contributed by atoms with Gasteiger partial charge in [0.05, 0.1) is 18.0 Å². The van der Waals surface area contributed by atoms with Crippen molar-refractivity contribution >= 4 is 5.69 Å². The second kappa shape index (κ2) is 8.55. The first kappa shape index (κ1) is 21.1. The van der Waals surface area contributed by atoms with Gasteiger partial charge in [-0.3, -0.25) is 9.13 Å². The van der Waals surface area contributed by atoms with Crippen LogP contribution in [0.3, 0.4) is 0 Å². The Kier molecular flexibility index (Phi) is 5.83. The summed E-state index contributed by atoms with van der Waals surface area (Å²) in [5.41, 5.74) is 13.9. The van der Waals surface area contributed by atoms with Gasteiger partial charge in [0.25, 0.3) is 0 Å². The zero-order valence-corrected chi connectivity index (χ0v) is 18.7. The normalized spacial score (nSPS) is 13.1. The lowest BCUT2D eigenvalue weighted by Crippen LogP contribution is -2.43. The third kappa shape index (κ3) is 3.95. The molecule has 0 fully saturated rings. The molecule has 0 saturated heterocycles. The number of fused-ring (bicyclic) bond motifs is 3. The zero-order valence-electron chi connectivity index (χ0n) is 18.7. The van der Waals surface area contributed by atoms with Crippen molar-refractivity contribution in [3.05, 3.63) is 74.6 Å². The fraction of sp³-hybridized carbons (Fsp3) is 0.360. The maximum absolute atomic E-state index is 13.4. The number of benzene rings is 2. The van der Waals surface area contributed by atoms with Gasteiger partial charge in [-0.1, -0.05) is 17.7 Å². The molecule has 0 unspecified atom stereocenters. The molecule has 1 aliphatic heterocycles. The van der Waals surface area contributed by atoms with E-state index in [0.29, 0.717) is 31.7 Å². The molecule has 2 heterocycles. The number of nitrogens with two attached hydrogens (primary N) is 1. The molecule has 0 saturated carbocycles. The van der Waals surface area contributed by atoms with Crippen molar-refractivity contribution in [2.75, 3.05) is 13.2 Å². The summed E-state index contributed by atoms with van der Waals surface area (Å²) in [6.07, 6.45) is 0.790. The highest BCUT2D eigenvalue weighted by Crippen LogP contribution is 2.31. The Morgan fingerprint density at radius 3 is 2.52 bits per heavy atom. The molecule has 1 aromatic heterocycles. The minimum Gasteiger partial charge on any atom is -0.494 e. The summed E-state index contributed by atoms with van der Waals surface area (Å²) in [5, 5.41) is 0. The Balaban J connectivity index is 1.97. The molecule has 0 bridgehead atoms. The minimum atomic E-state index is -0.0661. The van der Waals surface area contributed by atoms with Crippen LogP contribution in [0.2, 0.25) is 0 Å². The summed E-state index contributed by atoms with van der Waals surface area (Å²) in [7, 11) is 0. The van der Waals surface area contributed by atoms with E-state index in [2.05, 4.69) is 39.0 Å². The van der Waals surface area contributed by atoms with Gasteiger partial charge in [-0.25, -0.2) is 9.79 Å². The molecule has 0 atom stereocenters. The summed E-state index contributed by atoms with van der Waals surface area (Å²) < 4.78 is 9.20. The van der Waals surface area contributed by atoms with E-state index in [1.54, 1.807) is 4.57 Å². The summed E-state index contributed by atoms with van der Waals surface area (Å²) in [6.45, 7) is 10.2. The van der Waals surface area contributed by atoms with Gasteiger partial charge in [-0.15, -0.1) is 0 Å². The van der Waals surface area contributed by atoms with Crippen molar-refractivity contribution in [2.45, 2.75) is 47.2 Å². The van der Waals surface area contributed by atoms with Crippen LogP contribution in [-0.2, 0) is 19.5 Å². The Morgan fingerprint density at radius 2 is 1.84 bits per heavy atom. The van der Waals surface area contributed by atoms with Crippen molar-refractivity contribution in [3.63, 3.8) is 0 Å². The summed E-state index contributed by atoms with van der Waals surface area (Å²) in [5.74, 6) is 0.863. The van der Waals surface area contributed by atoms with Gasteiger partial charge in [0.15, 0.2) is 0 Å². The smallest absolute Gasteiger partial charge is 0.330 e. The Morgan fingerprint density at radius 1 is 1.10 bits per heavy atom. The molecule has 0 spiro atoms. The highest BCUT2D eigenvalue weighted by Gasteiger charge is 2.20. The monoisotopic (exact) mass is 418 g/mol. The van der Waals surface area contributed by atoms with Gasteiger partial charge in [0.2, 0.25) is 0 Å². The molecule has 31 heavy (non-hydrogen) atoms. The van der Waals surface area contributed by atoms with Crippen LogP contribution in [0.4, 0.5) is 5.69 Å². The van der Waals surface area contributed by atoms with Crippen LogP contribution < -0.4 is 21.6 Å². The van der Waals surface area contributed by atoms with Crippen LogP contribution >= 0.6 is 0 Å². The van der Waals surface area contributed by atoms with Crippen LogP contribution in [0.15, 0.2) is 46.2 Å². The third-order valence-corrected chi connectivity index (χ3v) is 5.78. The first-order valence-electron chi connectivity index (χ1n) is 10.9. The van der Waals surface area contributed by atoms with E-state index in [0.717, 1.165) is 40.2 Å². The molecule has 2 aromatic carbocycles. The quantitative estimate of drug-likeness (QED) is 0.690. The maximum Gasteiger partial charge on any atom is 0.330 e. The summed E-state index contributed by atoms with van der Waals surface area (Å²) >= 11 is 0. The molecule has 2 N–H and O–H groups in total. The number of hydrogen-bond acceptors (Lipinski definition) is 4. The van der Waals surface area contributed by atoms with Crippen molar-refractivity contribution < 1.29 is 4.74 Å². The number of aryl methyl sites for hydroxylation is 4. The molecule has 4 rings (SSSR count). The highest BCUT2D eigenvalue weighted by atomic mass is 16.5. The van der Waals surface area contributed by atoms with Crippen LogP contribution in [0.1, 0.15) is 29.2 Å². The van der Waals surface area contributed by atoms with E-state index in [-0.39, 0.29) is 5.69 Å². The van der Waals surface area contributed by atoms with Crippen LogP contribution in [-0.4, -0.2) is 22.3 Å². The van der Waals surface area contributed by atoms with Crippen molar-refractivity contribution in [1.82, 2.24) is 9.13 Å². The highest BCUT2D eigenvalue weighted by molar-refractivity contribution is 5.67. The molecule has 0 amide bonds. The van der Waals surface area contributed by atoms with Gasteiger partial charge in [0.1, 0.15) is 11.2 Å². The van der Waals surface area contributed by atoms with Gasteiger partial charge in [-0.05, 0) is 69.0 Å². The predicted octanol–water partition coefficient (Wildman–Crippen LogP) is 3.39. The van der Waals surface area contributed by atoms with Crippen LogP contribution in [0.5, 0.6) is 5.75 Å². The second-order valence-corrected chi connectivity index (χ2v) is 8.12. The molecule has 0 radical (unpaired) electrons. The lowest BCUT2D eigenvalue weighted by atomic mass is 9.97. The molecule has 0 aliphatic carbocycles. The molecule has 1 aliphatic rings. The van der Waals surface area contributed by atoms with Crippen molar-refractivity contribution in [1.29, 1.82) is 0 Å². The van der Waals surface area contributed by atoms with Gasteiger partial charge >= 0.3 is 5.69 Å². The zero-order chi connectivity index (χ0) is 22.1. The average Bonchev–Trinajstić information content (AvgIpc) is 2.73. The number of hydrogen-bond donors (Lipinski definition) is 1. The maximum atomic E-state index is 13.4. The fourth-order valence-electron chi connectivity index (χ4n) is 4.47. The van der Waals surface area contributed by atoms with Gasteiger partial charge in [-0.2, -0.15) is 0 Å². The van der Waals surface area contributed by atoms with E-state index < -0.39 is 0 Å². The lowest BCUT2D eigenvalue weighted by Gasteiger charge is -2.24. The van der Waals surface area contributed by atoms with E-state index in [1.807, 2.05) is 29.7 Å². The van der Waals surface area contributed by atoms with E-state index in [1.165, 1.54) is 11.1 Å². The van der Waals surface area contributed by atoms with E-state index in [9.17, 15) is 4.79 Å². The first-order chi connectivity index (χ1) is 14.9. The Hall–Kier alpha value is -3.12. The first-order valence-corrected chi connectivity index (χ1v) is 10.9. The number of rotatable bonds is 5. The van der Waals surface area contributed by atoms with E-state index in [4.69, 9.17) is 15.5 Å². The topological polar surface area (TPSA) is 74.5 Å². The Labute approximate surface area is 182 Å². The van der Waals surface area contributed by atoms with Crippen molar-refractivity contribution in [3.8, 4) is 17.0 Å². The summed E-state index contributed by atoms with van der Waals surface area (Å²) in [4.78, 5) is 18.4. The average molecular weight is 419 g/mol. The Bertz CT molecular complexity index is 1240. The number of nitrogens with zero attached hydrogens (tertiary/aromatic N) is 3. The van der Waals surface area contributed by atoms with Crippen molar-refractivity contribution in [2.24, 2.45) is 10.7 Å². The molecule has 6 heteroatoms. The summed E-state index contributed by atoms with van der Waals surface area (Å²) in [6, 6.07) is 12.4.